The van der Waals surface area contributed by atoms with E-state index in [4.69, 9.17) is 4.74 Å². The first-order valence-electron chi connectivity index (χ1n) is 5.93. The molecule has 0 aliphatic carbocycles. The average Bonchev–Trinajstić information content (AvgIpc) is 2.25. The molecule has 0 aromatic rings. The van der Waals surface area contributed by atoms with Gasteiger partial charge in [0, 0.05) is 0 Å². The van der Waals surface area contributed by atoms with Gasteiger partial charge in [-0.15, -0.1) is 6.58 Å². The quantitative estimate of drug-likeness (QED) is 0.245. The molecule has 0 aliphatic rings. The molecule has 8 heteroatoms. The summed E-state index contributed by atoms with van der Waals surface area (Å²) < 4.78 is 26.1. The lowest BCUT2D eigenvalue weighted by Gasteiger charge is -2.27. The lowest BCUT2D eigenvalue weighted by atomic mass is 10.4. The predicted octanol–water partition coefficient (Wildman–Crippen LogP) is -0.242. The highest BCUT2D eigenvalue weighted by Crippen LogP contribution is 2.38. The number of likely N-dealkylation sites (N-methyl/N-ethyl adjacent to an activating group) is 1. The summed E-state index contributed by atoms with van der Waals surface area (Å²) in [7, 11) is 1.38. The monoisotopic (exact) mass is 297 g/mol. The zero-order valence-corrected chi connectivity index (χ0v) is 12.7. The Hall–Kier alpha value is -0.270. The van der Waals surface area contributed by atoms with Gasteiger partial charge < -0.3 is 28.3 Å². The third-order valence-electron chi connectivity index (χ3n) is 1.98. The van der Waals surface area contributed by atoms with Crippen LogP contribution in [0.1, 0.15) is 0 Å². The number of quaternary nitrogens is 1. The Bertz CT molecular complexity index is 304. The topological polar surface area (TPSA) is 88.0 Å². The van der Waals surface area contributed by atoms with Crippen molar-refractivity contribution in [1.29, 1.82) is 0 Å². The van der Waals surface area contributed by atoms with Crippen molar-refractivity contribution in [2.24, 2.45) is 0 Å². The van der Waals surface area contributed by atoms with E-state index >= 15 is 0 Å². The van der Waals surface area contributed by atoms with E-state index in [0.717, 1.165) is 0 Å². The van der Waals surface area contributed by atoms with E-state index in [0.29, 0.717) is 11.0 Å². The van der Waals surface area contributed by atoms with E-state index in [1.807, 2.05) is 21.1 Å². The van der Waals surface area contributed by atoms with E-state index in [1.54, 1.807) is 0 Å². The normalized spacial score (nSPS) is 16.9. The number of phosphoric acid groups is 1. The van der Waals surface area contributed by atoms with Crippen LogP contribution in [0.5, 0.6) is 0 Å². The Morgan fingerprint density at radius 3 is 2.53 bits per heavy atom. The molecular weight excluding hydrogens is 273 g/mol. The van der Waals surface area contributed by atoms with E-state index < -0.39 is 13.9 Å². The summed E-state index contributed by atoms with van der Waals surface area (Å²) in [5.41, 5.74) is 0. The Labute approximate surface area is 114 Å². The lowest BCUT2D eigenvalue weighted by Crippen LogP contribution is -2.37. The maximum atomic E-state index is 11.4. The van der Waals surface area contributed by atoms with E-state index in [1.165, 1.54) is 6.08 Å². The molecule has 1 unspecified atom stereocenters. The third-order valence-corrected chi connectivity index (χ3v) is 2.95. The van der Waals surface area contributed by atoms with Crippen molar-refractivity contribution < 1.29 is 32.8 Å². The van der Waals surface area contributed by atoms with Crippen LogP contribution in [0.3, 0.4) is 0 Å². The van der Waals surface area contributed by atoms with Crippen LogP contribution in [0, 0.1) is 0 Å². The summed E-state index contributed by atoms with van der Waals surface area (Å²) in [4.78, 5) is 11.4. The Morgan fingerprint density at radius 1 is 1.37 bits per heavy atom. The first-order chi connectivity index (χ1) is 8.66. The third kappa shape index (κ3) is 12.5. The lowest BCUT2D eigenvalue weighted by molar-refractivity contribution is -0.870. The summed E-state index contributed by atoms with van der Waals surface area (Å²) in [6.45, 7) is 3.88. The summed E-state index contributed by atoms with van der Waals surface area (Å²) in [5, 5.41) is 9.39. The molecule has 0 bridgehead atoms. The van der Waals surface area contributed by atoms with Gasteiger partial charge in [-0.1, -0.05) is 6.08 Å². The fourth-order valence-corrected chi connectivity index (χ4v) is 1.71. The number of hydrogen-bond donors (Lipinski definition) is 1. The summed E-state index contributed by atoms with van der Waals surface area (Å²) in [6.07, 6.45) is 0.504. The average molecular weight is 297 g/mol. The van der Waals surface area contributed by atoms with Crippen molar-refractivity contribution in [2.75, 3.05) is 54.1 Å². The SMILES string of the molecule is C=CCOC[C@H](O)COP(=O)([O-])OCC[N+](C)(C)C. The Kier molecular flexibility index (Phi) is 8.69. The highest BCUT2D eigenvalue weighted by Gasteiger charge is 2.15. The van der Waals surface area contributed by atoms with Crippen LogP contribution < -0.4 is 4.89 Å². The van der Waals surface area contributed by atoms with E-state index in [9.17, 15) is 14.6 Å². The molecule has 0 aromatic carbocycles. The number of phosphoric ester groups is 1. The second-order valence-electron chi connectivity index (χ2n) is 5.07. The van der Waals surface area contributed by atoms with E-state index in [2.05, 4.69) is 15.6 Å². The number of aliphatic hydroxyl groups excluding tert-OH is 1. The fourth-order valence-electron chi connectivity index (χ4n) is 0.977. The second-order valence-corrected chi connectivity index (χ2v) is 6.48. The number of hydrogen-bond acceptors (Lipinski definition) is 6. The van der Waals surface area contributed by atoms with Gasteiger partial charge in [-0.2, -0.15) is 0 Å². The molecule has 0 saturated heterocycles. The summed E-state index contributed by atoms with van der Waals surface area (Å²) in [6, 6.07) is 0. The number of nitrogens with zero attached hydrogens (tertiary/aromatic N) is 1. The van der Waals surface area contributed by atoms with Gasteiger partial charge in [-0.3, -0.25) is 4.57 Å². The molecule has 19 heavy (non-hydrogen) atoms. The predicted molar refractivity (Wildman–Crippen MR) is 69.4 cm³/mol. The Balaban J connectivity index is 3.83. The molecule has 0 radical (unpaired) electrons. The first-order valence-corrected chi connectivity index (χ1v) is 7.39. The van der Waals surface area contributed by atoms with Gasteiger partial charge >= 0.3 is 0 Å². The molecule has 1 N–H and O–H groups in total. The van der Waals surface area contributed by atoms with Crippen LogP contribution in [0.2, 0.25) is 0 Å². The molecule has 0 saturated carbocycles. The molecule has 0 amide bonds. The van der Waals surface area contributed by atoms with Crippen LogP contribution in [0.15, 0.2) is 12.7 Å². The number of ether oxygens (including phenoxy) is 1. The van der Waals surface area contributed by atoms with E-state index in [-0.39, 0.29) is 26.4 Å². The molecule has 0 aliphatic heterocycles. The van der Waals surface area contributed by atoms with Gasteiger partial charge in [0.15, 0.2) is 0 Å². The zero-order valence-electron chi connectivity index (χ0n) is 11.8. The van der Waals surface area contributed by atoms with Crippen molar-refractivity contribution in [3.05, 3.63) is 12.7 Å². The van der Waals surface area contributed by atoms with Gasteiger partial charge in [0.05, 0.1) is 41.0 Å². The molecule has 114 valence electrons. The van der Waals surface area contributed by atoms with Crippen molar-refractivity contribution in [2.45, 2.75) is 6.10 Å². The fraction of sp³-hybridized carbons (Fsp3) is 0.818. The maximum absolute atomic E-state index is 11.4. The van der Waals surface area contributed by atoms with Crippen LogP contribution in [0.25, 0.3) is 0 Å². The van der Waals surface area contributed by atoms with Crippen molar-refractivity contribution in [3.63, 3.8) is 0 Å². The molecule has 0 heterocycles. The minimum absolute atomic E-state index is 0.0229. The minimum atomic E-state index is -4.37. The molecule has 0 aromatic heterocycles. The van der Waals surface area contributed by atoms with Crippen molar-refractivity contribution in [3.8, 4) is 0 Å². The Morgan fingerprint density at radius 2 is 2.00 bits per heavy atom. The van der Waals surface area contributed by atoms with Gasteiger partial charge in [0.1, 0.15) is 19.3 Å². The van der Waals surface area contributed by atoms with Crippen molar-refractivity contribution in [1.82, 2.24) is 0 Å². The maximum Gasteiger partial charge on any atom is 0.268 e. The van der Waals surface area contributed by atoms with Gasteiger partial charge in [0.2, 0.25) is 0 Å². The summed E-state index contributed by atoms with van der Waals surface area (Å²) >= 11 is 0. The molecule has 0 fully saturated rings. The van der Waals surface area contributed by atoms with Crippen LogP contribution in [-0.2, 0) is 18.3 Å². The van der Waals surface area contributed by atoms with Crippen LogP contribution >= 0.6 is 7.82 Å². The smallest absolute Gasteiger partial charge is 0.268 e. The number of rotatable bonds is 11. The second kappa shape index (κ2) is 8.81. The largest absolute Gasteiger partial charge is 0.756 e. The van der Waals surface area contributed by atoms with Gasteiger partial charge in [-0.05, 0) is 0 Å². The van der Waals surface area contributed by atoms with Crippen LogP contribution in [0.4, 0.5) is 0 Å². The highest BCUT2D eigenvalue weighted by molar-refractivity contribution is 7.45. The zero-order chi connectivity index (χ0) is 14.9. The molecule has 0 spiro atoms. The first kappa shape index (κ1) is 18.7. The molecule has 2 atom stereocenters. The van der Waals surface area contributed by atoms with Crippen LogP contribution in [-0.4, -0.2) is 69.8 Å². The minimum Gasteiger partial charge on any atom is -0.756 e. The standard InChI is InChI=1S/C11H24NO6P/c1-5-7-16-9-11(13)10-18-19(14,15)17-8-6-12(2,3)4/h5,11,13H,1,6-10H2,2-4H3/t11-/m0/s1. The van der Waals surface area contributed by atoms with Gasteiger partial charge in [0.25, 0.3) is 7.82 Å². The number of aliphatic hydroxyl groups is 1. The summed E-state index contributed by atoms with van der Waals surface area (Å²) in [5.74, 6) is 0. The molecule has 7 nitrogen and oxygen atoms in total. The van der Waals surface area contributed by atoms with Crippen molar-refractivity contribution >= 4 is 7.82 Å². The highest BCUT2D eigenvalue weighted by atomic mass is 31.2. The molecular formula is C11H24NO6P. The molecule has 0 rings (SSSR count). The van der Waals surface area contributed by atoms with Gasteiger partial charge in [-0.25, -0.2) is 0 Å².